The minimum atomic E-state index is -0.359. The summed E-state index contributed by atoms with van der Waals surface area (Å²) >= 11 is 0. The molecule has 0 aromatic heterocycles. The van der Waals surface area contributed by atoms with Gasteiger partial charge in [0.1, 0.15) is 6.10 Å². The average molecular weight is 215 g/mol. The summed E-state index contributed by atoms with van der Waals surface area (Å²) in [5.41, 5.74) is -0.719. The molecule has 0 bridgehead atoms. The zero-order valence-electron chi connectivity index (χ0n) is 10.2. The lowest BCUT2D eigenvalue weighted by molar-refractivity contribution is -0.259. The summed E-state index contributed by atoms with van der Waals surface area (Å²) in [5, 5.41) is 11.4. The molecule has 4 heteroatoms. The highest BCUT2D eigenvalue weighted by Crippen LogP contribution is 2.37. The average Bonchev–Trinajstić information content (AvgIpc) is 1.97. The van der Waals surface area contributed by atoms with Gasteiger partial charge in [0.05, 0.1) is 0 Å². The van der Waals surface area contributed by atoms with E-state index in [0.29, 0.717) is 12.8 Å². The second-order valence-corrected chi connectivity index (χ2v) is 5.58. The van der Waals surface area contributed by atoms with E-state index in [0.717, 1.165) is 0 Å². The molecular weight excluding hydrogens is 194 g/mol. The van der Waals surface area contributed by atoms with Crippen LogP contribution in [0.2, 0.25) is 0 Å². The second-order valence-electron chi connectivity index (χ2n) is 5.58. The third-order valence-electron chi connectivity index (χ3n) is 2.93. The van der Waals surface area contributed by atoms with Crippen molar-refractivity contribution in [2.24, 2.45) is 0 Å². The molecule has 0 saturated carbocycles. The van der Waals surface area contributed by atoms with Crippen LogP contribution in [-0.4, -0.2) is 33.4 Å². The predicted octanol–water partition coefficient (Wildman–Crippen LogP) is 1.96. The third-order valence-corrected chi connectivity index (χ3v) is 2.93. The fourth-order valence-corrected chi connectivity index (χ4v) is 2.50. The van der Waals surface area contributed by atoms with Crippen LogP contribution in [0.1, 0.15) is 47.5 Å². The highest BCUT2D eigenvalue weighted by atomic mass is 16.5. The largest absolute Gasteiger partial charge is 0.462 e. The molecule has 88 valence electrons. The highest BCUT2D eigenvalue weighted by Gasteiger charge is 2.46. The quantitative estimate of drug-likeness (QED) is 0.679. The standard InChI is InChI=1S/C11H21NO3/c1-8(13)15-9-6-10(2,3)12(14)11(4,5)7-9/h9,14H,6-7H2,1-5H3. The molecule has 0 aliphatic carbocycles. The lowest BCUT2D eigenvalue weighted by atomic mass is 9.80. The zero-order valence-corrected chi connectivity index (χ0v) is 10.2. The van der Waals surface area contributed by atoms with Crippen molar-refractivity contribution in [3.8, 4) is 0 Å². The first-order valence-electron chi connectivity index (χ1n) is 5.31. The predicted molar refractivity (Wildman–Crippen MR) is 56.6 cm³/mol. The molecule has 0 spiro atoms. The molecule has 1 rings (SSSR count). The van der Waals surface area contributed by atoms with E-state index in [-0.39, 0.29) is 23.2 Å². The van der Waals surface area contributed by atoms with Gasteiger partial charge in [-0.05, 0) is 27.7 Å². The van der Waals surface area contributed by atoms with E-state index < -0.39 is 0 Å². The molecule has 1 aliphatic rings. The number of nitrogens with zero attached hydrogens (tertiary/aromatic N) is 1. The molecule has 1 heterocycles. The molecule has 1 saturated heterocycles. The lowest BCUT2D eigenvalue weighted by Crippen LogP contribution is -2.60. The maximum atomic E-state index is 10.9. The van der Waals surface area contributed by atoms with Crippen LogP contribution < -0.4 is 0 Å². The van der Waals surface area contributed by atoms with Gasteiger partial charge in [-0.2, -0.15) is 5.06 Å². The van der Waals surface area contributed by atoms with E-state index in [1.807, 2.05) is 27.7 Å². The van der Waals surface area contributed by atoms with Crippen molar-refractivity contribution in [2.45, 2.75) is 64.6 Å². The number of carbonyl (C=O) groups is 1. The van der Waals surface area contributed by atoms with E-state index in [1.54, 1.807) is 0 Å². The first-order chi connectivity index (χ1) is 6.65. The maximum absolute atomic E-state index is 10.9. The Kier molecular flexibility index (Phi) is 3.12. The number of esters is 1. The van der Waals surface area contributed by atoms with Crippen molar-refractivity contribution in [1.29, 1.82) is 0 Å². The molecule has 0 atom stereocenters. The fourth-order valence-electron chi connectivity index (χ4n) is 2.50. The Morgan fingerprint density at radius 2 is 1.67 bits per heavy atom. The molecule has 0 amide bonds. The van der Waals surface area contributed by atoms with Gasteiger partial charge < -0.3 is 9.94 Å². The van der Waals surface area contributed by atoms with Crippen molar-refractivity contribution >= 4 is 5.97 Å². The maximum Gasteiger partial charge on any atom is 0.302 e. The van der Waals surface area contributed by atoms with Gasteiger partial charge in [-0.15, -0.1) is 0 Å². The van der Waals surface area contributed by atoms with Crippen molar-refractivity contribution in [3.05, 3.63) is 0 Å². The number of rotatable bonds is 1. The Labute approximate surface area is 91.2 Å². The van der Waals surface area contributed by atoms with Gasteiger partial charge in [0.15, 0.2) is 0 Å². The lowest BCUT2D eigenvalue weighted by Gasteiger charge is -2.50. The number of hydrogen-bond donors (Lipinski definition) is 1. The summed E-state index contributed by atoms with van der Waals surface area (Å²) in [6.07, 6.45) is 1.22. The topological polar surface area (TPSA) is 49.8 Å². The Morgan fingerprint density at radius 3 is 2.00 bits per heavy atom. The van der Waals surface area contributed by atoms with E-state index in [9.17, 15) is 10.0 Å². The molecular formula is C11H21NO3. The molecule has 1 N–H and O–H groups in total. The summed E-state index contributed by atoms with van der Waals surface area (Å²) in [6.45, 7) is 9.22. The zero-order chi connectivity index (χ0) is 11.9. The monoisotopic (exact) mass is 215 g/mol. The fraction of sp³-hybridized carbons (Fsp3) is 0.909. The van der Waals surface area contributed by atoms with Crippen LogP contribution in [0.5, 0.6) is 0 Å². The van der Waals surface area contributed by atoms with Gasteiger partial charge in [-0.3, -0.25) is 4.79 Å². The number of hydroxylamine groups is 2. The summed E-state index contributed by atoms with van der Waals surface area (Å²) < 4.78 is 5.23. The SMILES string of the molecule is CC(=O)OC1CC(C)(C)N(O)C(C)(C)C1. The van der Waals surface area contributed by atoms with Gasteiger partial charge in [0, 0.05) is 30.8 Å². The van der Waals surface area contributed by atoms with Crippen molar-refractivity contribution in [2.75, 3.05) is 0 Å². The minimum Gasteiger partial charge on any atom is -0.462 e. The molecule has 15 heavy (non-hydrogen) atoms. The van der Waals surface area contributed by atoms with Gasteiger partial charge in [0.25, 0.3) is 0 Å². The molecule has 1 aliphatic heterocycles. The smallest absolute Gasteiger partial charge is 0.302 e. The first-order valence-corrected chi connectivity index (χ1v) is 5.31. The number of hydrogen-bond acceptors (Lipinski definition) is 4. The van der Waals surface area contributed by atoms with E-state index >= 15 is 0 Å². The molecule has 0 aromatic carbocycles. The van der Waals surface area contributed by atoms with Crippen LogP contribution in [-0.2, 0) is 9.53 Å². The molecule has 4 nitrogen and oxygen atoms in total. The van der Waals surface area contributed by atoms with E-state index in [4.69, 9.17) is 4.74 Å². The van der Waals surface area contributed by atoms with Crippen LogP contribution in [0.15, 0.2) is 0 Å². The summed E-state index contributed by atoms with van der Waals surface area (Å²) in [5.74, 6) is -0.252. The van der Waals surface area contributed by atoms with Crippen LogP contribution in [0.4, 0.5) is 0 Å². The van der Waals surface area contributed by atoms with Crippen LogP contribution >= 0.6 is 0 Å². The number of ether oxygens (including phenoxy) is 1. The molecule has 0 radical (unpaired) electrons. The van der Waals surface area contributed by atoms with E-state index in [2.05, 4.69) is 0 Å². The third kappa shape index (κ3) is 2.69. The van der Waals surface area contributed by atoms with Crippen molar-refractivity contribution in [1.82, 2.24) is 5.06 Å². The van der Waals surface area contributed by atoms with Crippen LogP contribution in [0, 0.1) is 0 Å². The highest BCUT2D eigenvalue weighted by molar-refractivity contribution is 5.66. The second kappa shape index (κ2) is 3.76. The van der Waals surface area contributed by atoms with Gasteiger partial charge in [0.2, 0.25) is 0 Å². The Balaban J connectivity index is 2.79. The molecule has 0 unspecified atom stereocenters. The van der Waals surface area contributed by atoms with Gasteiger partial charge >= 0.3 is 5.97 Å². The van der Waals surface area contributed by atoms with E-state index in [1.165, 1.54) is 12.0 Å². The number of piperidine rings is 1. The molecule has 1 fully saturated rings. The van der Waals surface area contributed by atoms with Crippen molar-refractivity contribution in [3.63, 3.8) is 0 Å². The minimum absolute atomic E-state index is 0.101. The van der Waals surface area contributed by atoms with Gasteiger partial charge in [-0.1, -0.05) is 0 Å². The van der Waals surface area contributed by atoms with Crippen LogP contribution in [0.3, 0.4) is 0 Å². The Morgan fingerprint density at radius 1 is 1.27 bits per heavy atom. The number of carbonyl (C=O) groups excluding carboxylic acids is 1. The molecule has 0 aromatic rings. The summed E-state index contributed by atoms with van der Waals surface area (Å²) in [6, 6.07) is 0. The van der Waals surface area contributed by atoms with Gasteiger partial charge in [-0.25, -0.2) is 0 Å². The normalized spacial score (nSPS) is 26.3. The Bertz CT molecular complexity index is 243. The Hall–Kier alpha value is -0.610. The first kappa shape index (κ1) is 12.5. The van der Waals surface area contributed by atoms with Crippen LogP contribution in [0.25, 0.3) is 0 Å². The van der Waals surface area contributed by atoms with Crippen molar-refractivity contribution < 1.29 is 14.7 Å². The summed E-state index contributed by atoms with van der Waals surface area (Å²) in [4.78, 5) is 10.9. The summed E-state index contributed by atoms with van der Waals surface area (Å²) in [7, 11) is 0.